The number of amides is 2. The molecule has 0 radical (unpaired) electrons. The van der Waals surface area contributed by atoms with Gasteiger partial charge in [0.1, 0.15) is 12.2 Å². The van der Waals surface area contributed by atoms with Crippen molar-refractivity contribution in [2.45, 2.75) is 32.3 Å². The Morgan fingerprint density at radius 1 is 0.907 bits per heavy atom. The molecule has 9 heteroatoms. The van der Waals surface area contributed by atoms with Gasteiger partial charge in [-0.15, -0.1) is 0 Å². The number of alkyl carbamates (subject to hydrolysis) is 1. The molecule has 1 aliphatic carbocycles. The largest absolute Gasteiger partial charge is 0.478 e. The summed E-state index contributed by atoms with van der Waals surface area (Å²) in [5.74, 6) is -0.922. The smallest absolute Gasteiger partial charge is 0.409 e. The van der Waals surface area contributed by atoms with E-state index < -0.39 is 23.1 Å². The molecule has 0 aromatic heterocycles. The molecule has 2 heterocycles. The molecular formula is C34H37N3O6. The molecule has 0 spiro atoms. The van der Waals surface area contributed by atoms with Gasteiger partial charge in [0.2, 0.25) is 0 Å². The molecular weight excluding hydrogens is 546 g/mol. The topological polar surface area (TPSA) is 108 Å². The predicted molar refractivity (Wildman–Crippen MR) is 162 cm³/mol. The van der Waals surface area contributed by atoms with Crippen LogP contribution in [0.25, 0.3) is 11.1 Å². The lowest BCUT2D eigenvalue weighted by molar-refractivity contribution is 0.0498. The summed E-state index contributed by atoms with van der Waals surface area (Å²) in [7, 11) is 0. The monoisotopic (exact) mass is 583 g/mol. The third kappa shape index (κ3) is 5.63. The number of aromatic carboxylic acids is 1. The molecule has 224 valence electrons. The summed E-state index contributed by atoms with van der Waals surface area (Å²) in [6, 6.07) is 23.3. The van der Waals surface area contributed by atoms with Crippen molar-refractivity contribution in [3.63, 3.8) is 0 Å². The molecule has 3 aliphatic rings. The number of likely N-dealkylation sites (tertiary alicyclic amines) is 1. The maximum atomic E-state index is 13.5. The van der Waals surface area contributed by atoms with Crippen LogP contribution < -0.4 is 10.2 Å². The summed E-state index contributed by atoms with van der Waals surface area (Å²) in [5, 5.41) is 12.2. The molecule has 9 nitrogen and oxygen atoms in total. The van der Waals surface area contributed by atoms with Crippen molar-refractivity contribution in [3.05, 3.63) is 89.5 Å². The van der Waals surface area contributed by atoms with Gasteiger partial charge in [-0.2, -0.15) is 0 Å². The Hall–Kier alpha value is -4.53. The first kappa shape index (κ1) is 28.6. The summed E-state index contributed by atoms with van der Waals surface area (Å²) >= 11 is 0. The molecule has 2 amide bonds. The number of nitrogens with one attached hydrogen (secondary N) is 1. The van der Waals surface area contributed by atoms with Crippen LogP contribution in [0, 0.1) is 11.3 Å². The SMILES string of the molecule is CC(C)(C)OC(=O)NCC12CN(C(=O)OCC3c4ccccc4-c4ccccc43)CC1CN(c1ccc(C(=O)O)cc1)C2. The van der Waals surface area contributed by atoms with Crippen molar-refractivity contribution in [2.75, 3.05) is 44.2 Å². The second-order valence-electron chi connectivity index (χ2n) is 12.8. The van der Waals surface area contributed by atoms with Crippen LogP contribution in [0.3, 0.4) is 0 Å². The van der Waals surface area contributed by atoms with Gasteiger partial charge < -0.3 is 29.7 Å². The molecule has 2 fully saturated rings. The first-order valence-corrected chi connectivity index (χ1v) is 14.7. The number of anilines is 1. The normalized spacial score (nSPS) is 20.8. The van der Waals surface area contributed by atoms with E-state index in [9.17, 15) is 19.5 Å². The molecule has 0 saturated carbocycles. The quantitative estimate of drug-likeness (QED) is 0.389. The van der Waals surface area contributed by atoms with Gasteiger partial charge in [-0.1, -0.05) is 48.5 Å². The van der Waals surface area contributed by atoms with Gasteiger partial charge in [0, 0.05) is 55.7 Å². The number of carbonyl (C=O) groups excluding carboxylic acids is 2. The summed E-state index contributed by atoms with van der Waals surface area (Å²) in [6.07, 6.45) is -0.852. The minimum absolute atomic E-state index is 0.0227. The molecule has 2 atom stereocenters. The number of fused-ring (bicyclic) bond motifs is 4. The van der Waals surface area contributed by atoms with Crippen LogP contribution in [0.4, 0.5) is 15.3 Å². The van der Waals surface area contributed by atoms with Crippen molar-refractivity contribution in [2.24, 2.45) is 11.3 Å². The van der Waals surface area contributed by atoms with Crippen LogP contribution in [0.15, 0.2) is 72.8 Å². The Kier molecular flexibility index (Phi) is 7.28. The van der Waals surface area contributed by atoms with Gasteiger partial charge in [0.15, 0.2) is 0 Å². The van der Waals surface area contributed by atoms with Gasteiger partial charge in [-0.3, -0.25) is 0 Å². The van der Waals surface area contributed by atoms with E-state index in [0.717, 1.165) is 16.8 Å². The fourth-order valence-electron chi connectivity index (χ4n) is 6.83. The number of carbonyl (C=O) groups is 3. The highest BCUT2D eigenvalue weighted by Crippen LogP contribution is 2.46. The van der Waals surface area contributed by atoms with Crippen LogP contribution in [-0.2, 0) is 9.47 Å². The molecule has 2 N–H and O–H groups in total. The first-order chi connectivity index (χ1) is 20.5. The van der Waals surface area contributed by atoms with Crippen molar-refractivity contribution in [3.8, 4) is 11.1 Å². The highest BCUT2D eigenvalue weighted by molar-refractivity contribution is 5.88. The molecule has 0 bridgehead atoms. The van der Waals surface area contributed by atoms with Gasteiger partial charge in [0.05, 0.1) is 5.56 Å². The van der Waals surface area contributed by atoms with E-state index in [1.165, 1.54) is 11.1 Å². The Bertz CT molecular complexity index is 1500. The van der Waals surface area contributed by atoms with Crippen molar-refractivity contribution in [1.82, 2.24) is 10.2 Å². The second-order valence-corrected chi connectivity index (χ2v) is 12.8. The van der Waals surface area contributed by atoms with E-state index in [-0.39, 0.29) is 30.1 Å². The van der Waals surface area contributed by atoms with Gasteiger partial charge in [-0.25, -0.2) is 14.4 Å². The highest BCUT2D eigenvalue weighted by Gasteiger charge is 2.54. The van der Waals surface area contributed by atoms with E-state index in [1.807, 2.05) is 57.2 Å². The number of ether oxygens (including phenoxy) is 2. The minimum Gasteiger partial charge on any atom is -0.478 e. The maximum Gasteiger partial charge on any atom is 0.409 e. The fourth-order valence-corrected chi connectivity index (χ4v) is 6.83. The lowest BCUT2D eigenvalue weighted by Crippen LogP contribution is -2.46. The molecule has 2 aliphatic heterocycles. The van der Waals surface area contributed by atoms with E-state index in [0.29, 0.717) is 32.7 Å². The summed E-state index contributed by atoms with van der Waals surface area (Å²) in [5.41, 5.74) is 4.77. The molecule has 2 saturated heterocycles. The highest BCUT2D eigenvalue weighted by atomic mass is 16.6. The van der Waals surface area contributed by atoms with Gasteiger partial charge >= 0.3 is 18.2 Å². The average Bonchev–Trinajstić information content (AvgIpc) is 3.61. The van der Waals surface area contributed by atoms with E-state index >= 15 is 0 Å². The summed E-state index contributed by atoms with van der Waals surface area (Å²) in [6.45, 7) is 8.22. The third-order valence-electron chi connectivity index (χ3n) is 8.82. The van der Waals surface area contributed by atoms with Gasteiger partial charge in [0.25, 0.3) is 0 Å². The Morgan fingerprint density at radius 2 is 1.53 bits per heavy atom. The number of carboxylic acid groups (broad SMARTS) is 1. The minimum atomic E-state index is -0.971. The van der Waals surface area contributed by atoms with Crippen LogP contribution in [0.2, 0.25) is 0 Å². The van der Waals surface area contributed by atoms with Crippen molar-refractivity contribution in [1.29, 1.82) is 0 Å². The molecule has 6 rings (SSSR count). The summed E-state index contributed by atoms with van der Waals surface area (Å²) < 4.78 is 11.5. The number of rotatable bonds is 6. The molecule has 2 unspecified atom stereocenters. The second kappa shape index (κ2) is 10.9. The average molecular weight is 584 g/mol. The number of nitrogens with zero attached hydrogens (tertiary/aromatic N) is 2. The maximum absolute atomic E-state index is 13.5. The van der Waals surface area contributed by atoms with Crippen LogP contribution in [0.5, 0.6) is 0 Å². The lowest BCUT2D eigenvalue weighted by atomic mass is 9.81. The number of hydrogen-bond acceptors (Lipinski definition) is 6. The third-order valence-corrected chi connectivity index (χ3v) is 8.82. The van der Waals surface area contributed by atoms with Gasteiger partial charge in [-0.05, 0) is 67.3 Å². The van der Waals surface area contributed by atoms with E-state index in [1.54, 1.807) is 17.0 Å². The number of carboxylic acids is 1. The van der Waals surface area contributed by atoms with Crippen LogP contribution >= 0.6 is 0 Å². The Morgan fingerprint density at radius 3 is 2.14 bits per heavy atom. The molecule has 3 aromatic rings. The zero-order valence-electron chi connectivity index (χ0n) is 24.7. The van der Waals surface area contributed by atoms with E-state index in [4.69, 9.17) is 9.47 Å². The Labute approximate surface area is 251 Å². The lowest BCUT2D eigenvalue weighted by Gasteiger charge is -2.30. The predicted octanol–water partition coefficient (Wildman–Crippen LogP) is 5.60. The zero-order valence-corrected chi connectivity index (χ0v) is 24.7. The zero-order chi connectivity index (χ0) is 30.4. The van der Waals surface area contributed by atoms with Crippen molar-refractivity contribution < 1.29 is 29.0 Å². The fraction of sp³-hybridized carbons (Fsp3) is 0.382. The van der Waals surface area contributed by atoms with E-state index in [2.05, 4.69) is 34.5 Å². The first-order valence-electron chi connectivity index (χ1n) is 14.7. The Balaban J connectivity index is 1.16. The molecule has 43 heavy (non-hydrogen) atoms. The molecule has 3 aromatic carbocycles. The summed E-state index contributed by atoms with van der Waals surface area (Å²) in [4.78, 5) is 41.4. The van der Waals surface area contributed by atoms with Crippen molar-refractivity contribution >= 4 is 23.8 Å². The van der Waals surface area contributed by atoms with Crippen LogP contribution in [0.1, 0.15) is 48.2 Å². The van der Waals surface area contributed by atoms with Crippen LogP contribution in [-0.4, -0.2) is 73.1 Å². The standard InChI is InChI=1S/C34H37N3O6/c1-33(2,3)43-31(40)35-19-34-20-36(24-14-12-22(13-15-24)30(38)39)16-23(34)17-37(21-34)32(41)42-18-29-27-10-6-4-8-25(27)26-9-5-7-11-28(26)29/h4-15,23,29H,16-21H2,1-3H3,(H,35,40)(H,38,39). The number of benzene rings is 3. The number of hydrogen-bond donors (Lipinski definition) is 2.